The molecule has 41 heavy (non-hydrogen) atoms. The van der Waals surface area contributed by atoms with Gasteiger partial charge in [-0.2, -0.15) is 13.8 Å². The zero-order valence-electron chi connectivity index (χ0n) is 24.2. The van der Waals surface area contributed by atoms with E-state index < -0.39 is 12.7 Å². The van der Waals surface area contributed by atoms with Crippen LogP contribution in [0.1, 0.15) is 38.7 Å². The SMILES string of the molecule is CCCNc1nc(Nc2cccc(OC(F)F)c2)ncc1C#CCCCNC(=O)[C@H](C)N(C)C(=O)C=CCN(C)C. The lowest BCUT2D eigenvalue weighted by molar-refractivity contribution is -0.135. The van der Waals surface area contributed by atoms with Crippen molar-refractivity contribution in [1.29, 1.82) is 0 Å². The number of halogens is 2. The Hall–Kier alpha value is -4.24. The summed E-state index contributed by atoms with van der Waals surface area (Å²) in [5, 5.41) is 9.07. The van der Waals surface area contributed by atoms with Crippen LogP contribution in [0.4, 0.5) is 26.2 Å². The Morgan fingerprint density at radius 1 is 1.20 bits per heavy atom. The third-order valence-electron chi connectivity index (χ3n) is 5.69. The Balaban J connectivity index is 1.91. The molecule has 2 amide bonds. The van der Waals surface area contributed by atoms with Crippen molar-refractivity contribution in [3.63, 3.8) is 0 Å². The molecule has 0 unspecified atom stereocenters. The number of likely N-dealkylation sites (N-methyl/N-ethyl adjacent to an activating group) is 2. The van der Waals surface area contributed by atoms with Gasteiger partial charge in [0.15, 0.2) is 0 Å². The molecule has 1 aromatic heterocycles. The fraction of sp³-hybridized carbons (Fsp3) is 0.448. The molecule has 0 saturated heterocycles. The van der Waals surface area contributed by atoms with E-state index in [1.54, 1.807) is 38.4 Å². The van der Waals surface area contributed by atoms with Crippen LogP contribution >= 0.6 is 0 Å². The van der Waals surface area contributed by atoms with Crippen LogP contribution < -0.4 is 20.7 Å². The van der Waals surface area contributed by atoms with Crippen molar-refractivity contribution in [2.24, 2.45) is 0 Å². The number of anilines is 3. The number of benzene rings is 1. The van der Waals surface area contributed by atoms with Crippen molar-refractivity contribution >= 4 is 29.3 Å². The van der Waals surface area contributed by atoms with Crippen LogP contribution in [0.25, 0.3) is 0 Å². The molecule has 2 aromatic rings. The average molecular weight is 572 g/mol. The Morgan fingerprint density at radius 3 is 2.68 bits per heavy atom. The van der Waals surface area contributed by atoms with Crippen LogP contribution in [-0.4, -0.2) is 85.0 Å². The van der Waals surface area contributed by atoms with Crippen molar-refractivity contribution in [3.8, 4) is 17.6 Å². The topological polar surface area (TPSA) is 112 Å². The van der Waals surface area contributed by atoms with Crippen LogP contribution in [-0.2, 0) is 9.59 Å². The predicted octanol–water partition coefficient (Wildman–Crippen LogP) is 3.86. The van der Waals surface area contributed by atoms with E-state index in [4.69, 9.17) is 0 Å². The zero-order valence-corrected chi connectivity index (χ0v) is 24.2. The summed E-state index contributed by atoms with van der Waals surface area (Å²) in [5.74, 6) is 6.54. The molecule has 0 bridgehead atoms. The van der Waals surface area contributed by atoms with E-state index in [1.807, 2.05) is 25.9 Å². The van der Waals surface area contributed by atoms with Gasteiger partial charge in [-0.1, -0.05) is 30.9 Å². The summed E-state index contributed by atoms with van der Waals surface area (Å²) >= 11 is 0. The van der Waals surface area contributed by atoms with Gasteiger partial charge in [-0.15, -0.1) is 0 Å². The highest BCUT2D eigenvalue weighted by atomic mass is 19.3. The van der Waals surface area contributed by atoms with E-state index in [0.717, 1.165) is 6.42 Å². The predicted molar refractivity (Wildman–Crippen MR) is 156 cm³/mol. The molecule has 1 aromatic carbocycles. The molecule has 1 heterocycles. The Labute approximate surface area is 240 Å². The van der Waals surface area contributed by atoms with E-state index in [2.05, 4.69) is 42.5 Å². The van der Waals surface area contributed by atoms with E-state index in [1.165, 1.54) is 23.1 Å². The van der Waals surface area contributed by atoms with Crippen LogP contribution in [0, 0.1) is 11.8 Å². The first kappa shape index (κ1) is 33.0. The van der Waals surface area contributed by atoms with Crippen molar-refractivity contribution in [2.75, 3.05) is 51.4 Å². The number of unbranched alkanes of at least 4 members (excludes halogenated alkanes) is 1. The highest BCUT2D eigenvalue weighted by Crippen LogP contribution is 2.22. The van der Waals surface area contributed by atoms with Gasteiger partial charge in [0.2, 0.25) is 17.8 Å². The number of nitrogens with zero attached hydrogens (tertiary/aromatic N) is 4. The van der Waals surface area contributed by atoms with Gasteiger partial charge >= 0.3 is 6.61 Å². The Kier molecular flexibility index (Phi) is 14.0. The van der Waals surface area contributed by atoms with E-state index in [-0.39, 0.29) is 23.5 Å². The largest absolute Gasteiger partial charge is 0.435 e. The van der Waals surface area contributed by atoms with Crippen LogP contribution in [0.2, 0.25) is 0 Å². The minimum atomic E-state index is -2.91. The van der Waals surface area contributed by atoms with Crippen LogP contribution in [0.5, 0.6) is 5.75 Å². The van der Waals surface area contributed by atoms with Gasteiger partial charge in [0.1, 0.15) is 17.6 Å². The number of aromatic nitrogens is 2. The number of amides is 2. The van der Waals surface area contributed by atoms with Crippen molar-refractivity contribution < 1.29 is 23.1 Å². The third-order valence-corrected chi connectivity index (χ3v) is 5.69. The Morgan fingerprint density at radius 2 is 1.98 bits per heavy atom. The number of ether oxygens (including phenoxy) is 1. The summed E-state index contributed by atoms with van der Waals surface area (Å²) in [6.45, 7) is 2.53. The molecule has 0 fully saturated rings. The maximum absolute atomic E-state index is 12.5. The molecule has 222 valence electrons. The first-order chi connectivity index (χ1) is 19.6. The van der Waals surface area contributed by atoms with Crippen molar-refractivity contribution in [1.82, 2.24) is 25.1 Å². The quantitative estimate of drug-likeness (QED) is 0.168. The molecule has 2 rings (SSSR count). The monoisotopic (exact) mass is 571 g/mol. The molecule has 0 aliphatic carbocycles. The molecule has 3 N–H and O–H groups in total. The van der Waals surface area contributed by atoms with E-state index in [9.17, 15) is 18.4 Å². The van der Waals surface area contributed by atoms with Crippen LogP contribution in [0.3, 0.4) is 0 Å². The fourth-order valence-corrected chi connectivity index (χ4v) is 3.33. The van der Waals surface area contributed by atoms with Gasteiger partial charge < -0.3 is 30.5 Å². The molecule has 1 atom stereocenters. The lowest BCUT2D eigenvalue weighted by Gasteiger charge is -2.23. The van der Waals surface area contributed by atoms with Gasteiger partial charge in [0.25, 0.3) is 0 Å². The van der Waals surface area contributed by atoms with Gasteiger partial charge in [0.05, 0.1) is 11.8 Å². The summed E-state index contributed by atoms with van der Waals surface area (Å²) < 4.78 is 29.5. The first-order valence-corrected chi connectivity index (χ1v) is 13.4. The molecule has 10 nitrogen and oxygen atoms in total. The van der Waals surface area contributed by atoms with Crippen LogP contribution in [0.15, 0.2) is 42.6 Å². The van der Waals surface area contributed by atoms with E-state index in [0.29, 0.717) is 49.5 Å². The lowest BCUT2D eigenvalue weighted by atomic mass is 10.2. The van der Waals surface area contributed by atoms with Gasteiger partial charge in [0, 0.05) is 50.9 Å². The summed E-state index contributed by atoms with van der Waals surface area (Å²) in [6.07, 6.45) is 6.84. The van der Waals surface area contributed by atoms with E-state index >= 15 is 0 Å². The van der Waals surface area contributed by atoms with Gasteiger partial charge in [-0.05, 0) is 46.0 Å². The second-order valence-corrected chi connectivity index (χ2v) is 9.40. The minimum absolute atomic E-state index is 0.0238. The number of carbonyl (C=O) groups excluding carboxylic acids is 2. The molecule has 0 aliphatic rings. The van der Waals surface area contributed by atoms with Crippen molar-refractivity contribution in [3.05, 3.63) is 48.2 Å². The second-order valence-electron chi connectivity index (χ2n) is 9.40. The average Bonchev–Trinajstić information content (AvgIpc) is 2.93. The number of alkyl halides is 2. The maximum Gasteiger partial charge on any atom is 0.387 e. The number of rotatable bonds is 15. The second kappa shape index (κ2) is 17.5. The molecular weight excluding hydrogens is 532 g/mol. The number of carbonyl (C=O) groups is 2. The van der Waals surface area contributed by atoms with Crippen molar-refractivity contribution in [2.45, 2.75) is 45.8 Å². The third kappa shape index (κ3) is 12.2. The summed E-state index contributed by atoms with van der Waals surface area (Å²) in [6, 6.07) is 5.54. The fourth-order valence-electron chi connectivity index (χ4n) is 3.33. The summed E-state index contributed by atoms with van der Waals surface area (Å²) in [5.41, 5.74) is 1.11. The highest BCUT2D eigenvalue weighted by molar-refractivity contribution is 5.92. The zero-order chi connectivity index (χ0) is 30.2. The summed E-state index contributed by atoms with van der Waals surface area (Å²) in [4.78, 5) is 36.8. The molecule has 0 radical (unpaired) electrons. The molecule has 0 spiro atoms. The normalized spacial score (nSPS) is 11.6. The minimum Gasteiger partial charge on any atom is -0.435 e. The highest BCUT2D eigenvalue weighted by Gasteiger charge is 2.20. The molecular formula is C29H39F2N7O3. The Bertz CT molecular complexity index is 1230. The number of nitrogens with one attached hydrogen (secondary N) is 3. The number of hydrogen-bond acceptors (Lipinski definition) is 8. The van der Waals surface area contributed by atoms with Gasteiger partial charge in [-0.3, -0.25) is 9.59 Å². The summed E-state index contributed by atoms with van der Waals surface area (Å²) in [7, 11) is 5.42. The first-order valence-electron chi connectivity index (χ1n) is 13.4. The molecule has 0 saturated carbocycles. The standard InChI is InChI=1S/C29H39F2N7O3/c1-6-16-32-26-22(20-34-29(36-26)35-23-13-10-14-24(19-23)41-28(30)31)12-8-7-9-17-33-27(40)21(2)38(5)25(39)15-11-18-37(3)4/h10-11,13-15,19-21,28H,6-7,9,16-18H2,1-5H3,(H,33,40)(H2,32,34,35,36)/t21-/m0/s1. The molecule has 12 heteroatoms. The maximum atomic E-state index is 12.5. The number of hydrogen-bond donors (Lipinski definition) is 3. The molecule has 0 aliphatic heterocycles. The lowest BCUT2D eigenvalue weighted by Crippen LogP contribution is -2.45. The van der Waals surface area contributed by atoms with Gasteiger partial charge in [-0.25, -0.2) is 4.98 Å². The smallest absolute Gasteiger partial charge is 0.387 e.